The predicted octanol–water partition coefficient (Wildman–Crippen LogP) is 3.74. The van der Waals surface area contributed by atoms with E-state index < -0.39 is 16.9 Å². The molecule has 0 aliphatic rings. The zero-order valence-electron chi connectivity index (χ0n) is 11.5. The van der Waals surface area contributed by atoms with Gasteiger partial charge in [0.1, 0.15) is 0 Å². The normalized spacial score (nSPS) is 13.7. The first-order valence-corrected chi connectivity index (χ1v) is 7.62. The minimum Gasteiger partial charge on any atom is -0.388 e. The quantitative estimate of drug-likeness (QED) is 0.909. The van der Waals surface area contributed by atoms with Gasteiger partial charge in [0.15, 0.2) is 0 Å². The maximum absolute atomic E-state index is 12.3. The van der Waals surface area contributed by atoms with Crippen molar-refractivity contribution >= 4 is 10.8 Å². The molecular formula is C17H18O2S. The molecule has 2 atom stereocenters. The van der Waals surface area contributed by atoms with Crippen molar-refractivity contribution in [3.63, 3.8) is 0 Å². The molecule has 2 aromatic carbocycles. The van der Waals surface area contributed by atoms with Gasteiger partial charge in [-0.2, -0.15) is 0 Å². The van der Waals surface area contributed by atoms with Crippen LogP contribution in [-0.2, 0) is 10.8 Å². The Kier molecular flexibility index (Phi) is 4.88. The first-order chi connectivity index (χ1) is 9.58. The molecule has 1 N–H and O–H groups in total. The summed E-state index contributed by atoms with van der Waals surface area (Å²) in [6.07, 6.45) is -0.372. The summed E-state index contributed by atoms with van der Waals surface area (Å²) in [6.45, 7) is 5.85. The third-order valence-electron chi connectivity index (χ3n) is 3.10. The fourth-order valence-corrected chi connectivity index (χ4v) is 2.94. The SMILES string of the molecule is C=C(C[C@@H](O)c1ccccc1)[S@@](=O)c1ccc(C)cc1. The van der Waals surface area contributed by atoms with Crippen LogP contribution in [0.2, 0.25) is 0 Å². The van der Waals surface area contributed by atoms with Gasteiger partial charge in [-0.05, 0) is 24.6 Å². The van der Waals surface area contributed by atoms with Crippen molar-refractivity contribution in [3.8, 4) is 0 Å². The van der Waals surface area contributed by atoms with Crippen LogP contribution >= 0.6 is 0 Å². The van der Waals surface area contributed by atoms with Crippen LogP contribution in [-0.4, -0.2) is 9.32 Å². The van der Waals surface area contributed by atoms with Gasteiger partial charge in [0, 0.05) is 16.2 Å². The second kappa shape index (κ2) is 6.64. The summed E-state index contributed by atoms with van der Waals surface area (Å²) in [5, 5.41) is 10.1. The van der Waals surface area contributed by atoms with Gasteiger partial charge in [-0.15, -0.1) is 0 Å². The minimum absolute atomic E-state index is 0.296. The summed E-state index contributed by atoms with van der Waals surface area (Å²) >= 11 is 0. The van der Waals surface area contributed by atoms with Gasteiger partial charge >= 0.3 is 0 Å². The van der Waals surface area contributed by atoms with Gasteiger partial charge in [0.25, 0.3) is 0 Å². The van der Waals surface area contributed by atoms with Crippen molar-refractivity contribution in [1.29, 1.82) is 0 Å². The smallest absolute Gasteiger partial charge is 0.0836 e. The number of aliphatic hydroxyl groups excluding tert-OH is 1. The van der Waals surface area contributed by atoms with Crippen LogP contribution in [0, 0.1) is 6.92 Å². The molecule has 2 nitrogen and oxygen atoms in total. The highest BCUT2D eigenvalue weighted by atomic mass is 32.2. The summed E-state index contributed by atoms with van der Waals surface area (Å²) in [5.41, 5.74) is 1.94. The molecule has 0 aliphatic heterocycles. The Morgan fingerprint density at radius 3 is 2.35 bits per heavy atom. The molecule has 0 fully saturated rings. The second-order valence-corrected chi connectivity index (χ2v) is 6.34. The number of aliphatic hydroxyl groups is 1. The standard InChI is InChI=1S/C17H18O2S/c1-13-8-10-16(11-9-13)20(19)14(2)12-17(18)15-6-4-3-5-7-15/h3-11,17-18H,2,12H2,1H3/t17-,20-/m1/s1. The minimum atomic E-state index is -1.29. The van der Waals surface area contributed by atoms with Gasteiger partial charge in [0.2, 0.25) is 0 Å². The fourth-order valence-electron chi connectivity index (χ4n) is 1.91. The van der Waals surface area contributed by atoms with Crippen LogP contribution in [0.4, 0.5) is 0 Å². The molecule has 0 saturated heterocycles. The van der Waals surface area contributed by atoms with Crippen LogP contribution < -0.4 is 0 Å². The molecule has 0 unspecified atom stereocenters. The summed E-state index contributed by atoms with van der Waals surface area (Å²) in [4.78, 5) is 1.26. The Hall–Kier alpha value is -1.71. The molecule has 0 saturated carbocycles. The number of aryl methyl sites for hydroxylation is 1. The fraction of sp³-hybridized carbons (Fsp3) is 0.176. The molecule has 0 aromatic heterocycles. The average molecular weight is 286 g/mol. The lowest BCUT2D eigenvalue weighted by molar-refractivity contribution is 0.180. The molecular weight excluding hydrogens is 268 g/mol. The summed E-state index contributed by atoms with van der Waals surface area (Å²) in [6, 6.07) is 16.9. The van der Waals surface area contributed by atoms with Crippen LogP contribution in [0.15, 0.2) is 71.0 Å². The molecule has 0 aliphatic carbocycles. The zero-order chi connectivity index (χ0) is 14.5. The third-order valence-corrected chi connectivity index (χ3v) is 4.49. The molecule has 2 rings (SSSR count). The largest absolute Gasteiger partial charge is 0.388 e. The van der Waals surface area contributed by atoms with Crippen LogP contribution in [0.1, 0.15) is 23.7 Å². The van der Waals surface area contributed by atoms with Crippen molar-refractivity contribution in [2.75, 3.05) is 0 Å². The average Bonchev–Trinajstić information content (AvgIpc) is 2.48. The maximum Gasteiger partial charge on any atom is 0.0836 e. The number of hydrogen-bond donors (Lipinski definition) is 1. The van der Waals surface area contributed by atoms with E-state index in [1.54, 1.807) is 0 Å². The molecule has 104 valence electrons. The molecule has 0 amide bonds. The first-order valence-electron chi connectivity index (χ1n) is 6.47. The van der Waals surface area contributed by atoms with E-state index in [-0.39, 0.29) is 0 Å². The Bertz CT molecular complexity index is 603. The second-order valence-electron chi connectivity index (χ2n) is 4.75. The van der Waals surface area contributed by atoms with E-state index >= 15 is 0 Å². The highest BCUT2D eigenvalue weighted by molar-refractivity contribution is 7.89. The van der Waals surface area contributed by atoms with E-state index in [9.17, 15) is 9.32 Å². The van der Waals surface area contributed by atoms with Crippen LogP contribution in [0.5, 0.6) is 0 Å². The monoisotopic (exact) mass is 286 g/mol. The molecule has 2 aromatic rings. The number of benzene rings is 2. The topological polar surface area (TPSA) is 37.3 Å². The predicted molar refractivity (Wildman–Crippen MR) is 82.7 cm³/mol. The van der Waals surface area contributed by atoms with Gasteiger partial charge in [-0.25, -0.2) is 4.21 Å². The van der Waals surface area contributed by atoms with Gasteiger partial charge in [0.05, 0.1) is 16.9 Å². The highest BCUT2D eigenvalue weighted by Gasteiger charge is 2.14. The Labute approximate surface area is 122 Å². The number of hydrogen-bond acceptors (Lipinski definition) is 2. The lowest BCUT2D eigenvalue weighted by Gasteiger charge is -2.12. The Balaban J connectivity index is 2.05. The van der Waals surface area contributed by atoms with Gasteiger partial charge in [-0.1, -0.05) is 54.6 Å². The molecule has 0 radical (unpaired) electrons. The Morgan fingerprint density at radius 2 is 1.75 bits per heavy atom. The van der Waals surface area contributed by atoms with Crippen molar-refractivity contribution in [1.82, 2.24) is 0 Å². The van der Waals surface area contributed by atoms with Crippen molar-refractivity contribution < 1.29 is 9.32 Å². The molecule has 0 spiro atoms. The maximum atomic E-state index is 12.3. The van der Waals surface area contributed by atoms with E-state index in [4.69, 9.17) is 0 Å². The van der Waals surface area contributed by atoms with E-state index in [2.05, 4.69) is 6.58 Å². The molecule has 20 heavy (non-hydrogen) atoms. The molecule has 0 heterocycles. The zero-order valence-corrected chi connectivity index (χ0v) is 12.3. The van der Waals surface area contributed by atoms with E-state index in [1.165, 1.54) is 0 Å². The van der Waals surface area contributed by atoms with Crippen LogP contribution in [0.25, 0.3) is 0 Å². The van der Waals surface area contributed by atoms with E-state index in [1.807, 2.05) is 61.5 Å². The summed E-state index contributed by atoms with van der Waals surface area (Å²) < 4.78 is 12.3. The third kappa shape index (κ3) is 3.65. The summed E-state index contributed by atoms with van der Waals surface area (Å²) in [7, 11) is -1.29. The van der Waals surface area contributed by atoms with E-state index in [0.29, 0.717) is 11.3 Å². The van der Waals surface area contributed by atoms with Crippen molar-refractivity contribution in [3.05, 3.63) is 77.2 Å². The first kappa shape index (κ1) is 14.7. The lowest BCUT2D eigenvalue weighted by Crippen LogP contribution is -2.03. The summed E-state index contributed by atoms with van der Waals surface area (Å²) in [5.74, 6) is 0. The van der Waals surface area contributed by atoms with E-state index in [0.717, 1.165) is 16.0 Å². The van der Waals surface area contributed by atoms with Crippen LogP contribution in [0.3, 0.4) is 0 Å². The Morgan fingerprint density at radius 1 is 1.15 bits per heavy atom. The highest BCUT2D eigenvalue weighted by Crippen LogP contribution is 2.24. The van der Waals surface area contributed by atoms with Gasteiger partial charge in [-0.3, -0.25) is 0 Å². The van der Waals surface area contributed by atoms with Gasteiger partial charge < -0.3 is 5.11 Å². The lowest BCUT2D eigenvalue weighted by atomic mass is 10.1. The van der Waals surface area contributed by atoms with Crippen molar-refractivity contribution in [2.24, 2.45) is 0 Å². The van der Waals surface area contributed by atoms with Crippen molar-refractivity contribution in [2.45, 2.75) is 24.3 Å². The molecule has 0 bridgehead atoms. The molecule has 3 heteroatoms. The number of rotatable bonds is 5.